The Morgan fingerprint density at radius 3 is 2.00 bits per heavy atom. The molecule has 0 aliphatic rings. The predicted molar refractivity (Wildman–Crippen MR) is 236 cm³/mol. The van der Waals surface area contributed by atoms with Gasteiger partial charge in [0.1, 0.15) is 16.3 Å². The number of nitrogens with zero attached hydrogens (tertiary/aromatic N) is 9. The molecular formula is C42H39N9O9S2. The number of carboxylic acid groups (broad SMARTS) is 1. The van der Waals surface area contributed by atoms with Crippen molar-refractivity contribution < 1.29 is 40.9 Å². The van der Waals surface area contributed by atoms with Crippen LogP contribution in [0.1, 0.15) is 39.5 Å². The van der Waals surface area contributed by atoms with Crippen LogP contribution in [0.5, 0.6) is 5.75 Å². The van der Waals surface area contributed by atoms with Gasteiger partial charge in [0, 0.05) is 12.1 Å². The van der Waals surface area contributed by atoms with Crippen LogP contribution in [0.3, 0.4) is 0 Å². The Bertz CT molecular complexity index is 3070. The number of hydrogen-bond acceptors (Lipinski definition) is 15. The lowest BCUT2D eigenvalue weighted by atomic mass is 10.1. The van der Waals surface area contributed by atoms with E-state index in [9.17, 15) is 40.9 Å². The van der Waals surface area contributed by atoms with E-state index in [0.717, 1.165) is 28.9 Å². The smallest absolute Gasteiger partial charge is 0.338 e. The number of aromatic hydroxyl groups is 1. The topological polar surface area (TPSA) is 268 Å². The fourth-order valence-electron chi connectivity index (χ4n) is 5.77. The highest BCUT2D eigenvalue weighted by molar-refractivity contribution is 7.86. The van der Waals surface area contributed by atoms with Crippen LogP contribution in [0.2, 0.25) is 0 Å². The third-order valence-electron chi connectivity index (χ3n) is 9.00. The van der Waals surface area contributed by atoms with Gasteiger partial charge in [-0.25, -0.2) is 4.79 Å². The van der Waals surface area contributed by atoms with Crippen LogP contribution in [0.15, 0.2) is 160 Å². The molecule has 0 fully saturated rings. The van der Waals surface area contributed by atoms with E-state index in [1.807, 2.05) is 13.8 Å². The number of aromatic carboxylic acids is 1. The minimum Gasteiger partial charge on any atom is -0.505 e. The lowest BCUT2D eigenvalue weighted by Gasteiger charge is -2.15. The summed E-state index contributed by atoms with van der Waals surface area (Å²) in [6.45, 7) is 16.0. The molecule has 0 bridgehead atoms. The lowest BCUT2D eigenvalue weighted by Crippen LogP contribution is -2.13. The second-order valence-electron chi connectivity index (χ2n) is 13.6. The first-order valence-corrected chi connectivity index (χ1v) is 21.0. The molecule has 4 N–H and O–H groups in total. The van der Waals surface area contributed by atoms with Crippen molar-refractivity contribution >= 4 is 84.0 Å². The number of hydrazone groups is 2. The molecule has 0 aliphatic carbocycles. The molecular weight excluding hydrogens is 839 g/mol. The number of fused-ring (bicyclic) bond motifs is 1. The molecule has 0 aliphatic heterocycles. The Hall–Kier alpha value is -7.39. The van der Waals surface area contributed by atoms with Crippen LogP contribution < -0.4 is 5.12 Å². The maximum absolute atomic E-state index is 12.3. The monoisotopic (exact) mass is 877 g/mol. The van der Waals surface area contributed by atoms with Gasteiger partial charge in [0.15, 0.2) is 5.75 Å². The molecule has 0 atom stereocenters. The van der Waals surface area contributed by atoms with Gasteiger partial charge in [0.25, 0.3) is 20.2 Å². The highest BCUT2D eigenvalue weighted by atomic mass is 32.2. The average molecular weight is 878 g/mol. The van der Waals surface area contributed by atoms with Gasteiger partial charge in [-0.05, 0) is 123 Å². The SMILES string of the molecule is C=C\C=C(C)/C(=C\C=N\N(N=C)c1ccc(S(=O)(=O)O)cc1C(=O)O)N=Nc1ccc(N=Nc2cc(C)c(N=Nc3c(S(=O)(=O)O)cc4cc(C)ccc4c3O)cc2C)cc1C. The van der Waals surface area contributed by atoms with E-state index in [2.05, 4.69) is 54.2 Å². The van der Waals surface area contributed by atoms with Gasteiger partial charge in [0.05, 0.1) is 45.1 Å². The Morgan fingerprint density at radius 2 is 1.40 bits per heavy atom. The lowest BCUT2D eigenvalue weighted by molar-refractivity contribution is 0.0697. The van der Waals surface area contributed by atoms with Crippen LogP contribution in [0.4, 0.5) is 34.1 Å². The van der Waals surface area contributed by atoms with Gasteiger partial charge in [-0.3, -0.25) is 9.11 Å². The summed E-state index contributed by atoms with van der Waals surface area (Å²) in [4.78, 5) is 10.7. The van der Waals surface area contributed by atoms with Crippen molar-refractivity contribution in [1.29, 1.82) is 0 Å². The van der Waals surface area contributed by atoms with E-state index < -0.39 is 53.0 Å². The van der Waals surface area contributed by atoms with Crippen molar-refractivity contribution in [3.8, 4) is 5.75 Å². The third-order valence-corrected chi connectivity index (χ3v) is 10.7. The third kappa shape index (κ3) is 10.9. The minimum absolute atomic E-state index is 0.128. The van der Waals surface area contributed by atoms with Crippen molar-refractivity contribution in [2.75, 3.05) is 5.12 Å². The highest BCUT2D eigenvalue weighted by Gasteiger charge is 2.23. The van der Waals surface area contributed by atoms with Crippen molar-refractivity contribution in [2.45, 2.75) is 44.4 Å². The van der Waals surface area contributed by atoms with E-state index in [4.69, 9.17) is 0 Å². The second kappa shape index (κ2) is 18.9. The Morgan fingerprint density at radius 1 is 0.742 bits per heavy atom. The largest absolute Gasteiger partial charge is 0.505 e. The number of phenols is 1. The fraction of sp³-hybridized carbons (Fsp3) is 0.119. The first-order valence-electron chi connectivity index (χ1n) is 18.1. The van der Waals surface area contributed by atoms with Gasteiger partial charge in [-0.15, -0.1) is 5.11 Å². The van der Waals surface area contributed by atoms with E-state index in [1.54, 1.807) is 81.5 Å². The quantitative estimate of drug-likeness (QED) is 0.0254. The number of aryl methyl sites for hydroxylation is 4. The molecule has 0 unspecified atom stereocenters. The van der Waals surface area contributed by atoms with Crippen LogP contribution in [-0.2, 0) is 20.2 Å². The van der Waals surface area contributed by atoms with E-state index in [0.29, 0.717) is 61.5 Å². The Kier molecular flexibility index (Phi) is 13.9. The number of allylic oxidation sites excluding steroid dienone is 4. The molecule has 5 aromatic rings. The molecule has 0 saturated heterocycles. The van der Waals surface area contributed by atoms with Gasteiger partial charge in [-0.2, -0.15) is 57.7 Å². The predicted octanol–water partition coefficient (Wildman–Crippen LogP) is 11.0. The summed E-state index contributed by atoms with van der Waals surface area (Å²) in [6.07, 6.45) is 5.97. The molecule has 0 spiro atoms. The molecule has 0 heterocycles. The first kappa shape index (κ1) is 45.7. The number of benzene rings is 5. The van der Waals surface area contributed by atoms with Crippen molar-refractivity contribution in [2.24, 2.45) is 40.9 Å². The molecule has 18 nitrogen and oxygen atoms in total. The molecule has 0 radical (unpaired) electrons. The normalized spacial score (nSPS) is 13.0. The first-order chi connectivity index (χ1) is 29.2. The van der Waals surface area contributed by atoms with Crippen molar-refractivity contribution in [3.05, 3.63) is 137 Å². The molecule has 5 rings (SSSR count). The highest BCUT2D eigenvalue weighted by Crippen LogP contribution is 2.42. The number of azo groups is 3. The van der Waals surface area contributed by atoms with Gasteiger partial charge < -0.3 is 10.2 Å². The van der Waals surface area contributed by atoms with Gasteiger partial charge in [-0.1, -0.05) is 42.5 Å². The zero-order valence-corrected chi connectivity index (χ0v) is 35.5. The number of carbonyl (C=O) groups is 1. The van der Waals surface area contributed by atoms with Crippen LogP contribution >= 0.6 is 0 Å². The van der Waals surface area contributed by atoms with E-state index >= 15 is 0 Å². The standard InChI is InChI=1S/C42H39N9O9S2/c1-8-9-25(3)35(16-17-44-51(43-7)38-15-12-31(61(55,56)57)23-33(38)42(53)54)47-46-34-14-11-30(19-26(34)4)45-48-36-20-28(6)37(21-27(36)5)49-50-40-39(62(58,59)60)22-29-18-24(2)10-13-32(29)41(40)52/h8-23,52H,1,7H2,2-6H3,(H,53,54)(H,55,56,57)(H,58,59,60)/b25-9-,35-16+,44-17+,47-46?,48-45?,50-49?. The van der Waals surface area contributed by atoms with Crippen molar-refractivity contribution in [3.63, 3.8) is 0 Å². The summed E-state index contributed by atoms with van der Waals surface area (Å²) >= 11 is 0. The van der Waals surface area contributed by atoms with Crippen molar-refractivity contribution in [1.82, 2.24) is 0 Å². The average Bonchev–Trinajstić information content (AvgIpc) is 3.20. The summed E-state index contributed by atoms with van der Waals surface area (Å²) in [7, 11) is -9.44. The summed E-state index contributed by atoms with van der Waals surface area (Å²) in [6, 6.07) is 17.7. The summed E-state index contributed by atoms with van der Waals surface area (Å²) < 4.78 is 66.9. The molecule has 62 heavy (non-hydrogen) atoms. The molecule has 20 heteroatoms. The van der Waals surface area contributed by atoms with Crippen LogP contribution in [-0.4, -0.2) is 55.1 Å². The molecule has 0 saturated carbocycles. The number of carboxylic acids is 1. The summed E-state index contributed by atoms with van der Waals surface area (Å²) in [5.41, 5.74) is 4.67. The number of rotatable bonds is 15. The maximum Gasteiger partial charge on any atom is 0.338 e. The summed E-state index contributed by atoms with van der Waals surface area (Å²) in [5.74, 6) is -1.94. The van der Waals surface area contributed by atoms with Crippen LogP contribution in [0, 0.1) is 27.7 Å². The zero-order valence-electron chi connectivity index (χ0n) is 33.8. The van der Waals surface area contributed by atoms with Gasteiger partial charge in [0.2, 0.25) is 0 Å². The van der Waals surface area contributed by atoms with Gasteiger partial charge >= 0.3 is 5.97 Å². The van der Waals surface area contributed by atoms with E-state index in [-0.39, 0.29) is 5.69 Å². The van der Waals surface area contributed by atoms with E-state index in [1.165, 1.54) is 18.4 Å². The fourth-order valence-corrected chi connectivity index (χ4v) is 6.94. The maximum atomic E-state index is 12.3. The Balaban J connectivity index is 1.36. The second-order valence-corrected chi connectivity index (χ2v) is 16.4. The molecule has 5 aromatic carbocycles. The minimum atomic E-state index is -4.77. The number of phenolic OH excluding ortho intramolecular Hbond substituents is 1. The number of anilines is 1. The van der Waals surface area contributed by atoms with Crippen LogP contribution in [0.25, 0.3) is 10.8 Å². The Labute approximate surface area is 356 Å². The summed E-state index contributed by atoms with van der Waals surface area (Å²) in [5, 5.41) is 55.9. The molecule has 0 aromatic heterocycles. The molecule has 0 amide bonds. The zero-order chi connectivity index (χ0) is 45.5. The molecule has 318 valence electrons. The number of hydrogen-bond donors (Lipinski definition) is 4.